The van der Waals surface area contributed by atoms with Crippen LogP contribution in [0.3, 0.4) is 0 Å². The van der Waals surface area contributed by atoms with E-state index in [1.165, 1.54) is 14.0 Å². The summed E-state index contributed by atoms with van der Waals surface area (Å²) in [5.74, 6) is -0.320. The van der Waals surface area contributed by atoms with Crippen LogP contribution in [0.2, 0.25) is 0 Å². The van der Waals surface area contributed by atoms with Crippen molar-refractivity contribution in [3.63, 3.8) is 0 Å². The SMILES string of the molecule is COC(=O)C1(C)CCCC2(C)C3=CC(OC(C)=O)C4(C)CC3(CCC12)OC4CO. The first-order valence-corrected chi connectivity index (χ1v) is 10.8. The van der Waals surface area contributed by atoms with E-state index < -0.39 is 22.5 Å². The van der Waals surface area contributed by atoms with Gasteiger partial charge in [-0.1, -0.05) is 20.3 Å². The fourth-order valence-electron chi connectivity index (χ4n) is 7.39. The Morgan fingerprint density at radius 3 is 2.59 bits per heavy atom. The first-order valence-electron chi connectivity index (χ1n) is 10.8. The summed E-state index contributed by atoms with van der Waals surface area (Å²) < 4.78 is 17.5. The fourth-order valence-corrected chi connectivity index (χ4v) is 7.39. The molecule has 6 nitrogen and oxygen atoms in total. The quantitative estimate of drug-likeness (QED) is 0.573. The van der Waals surface area contributed by atoms with Crippen molar-refractivity contribution in [2.24, 2.45) is 22.2 Å². The van der Waals surface area contributed by atoms with E-state index in [2.05, 4.69) is 19.9 Å². The zero-order valence-corrected chi connectivity index (χ0v) is 18.2. The van der Waals surface area contributed by atoms with Gasteiger partial charge in [-0.05, 0) is 62.0 Å². The third-order valence-electron chi connectivity index (χ3n) is 8.72. The molecule has 4 rings (SSSR count). The molecule has 0 aromatic rings. The molecule has 2 saturated carbocycles. The zero-order valence-electron chi connectivity index (χ0n) is 18.2. The Bertz CT molecular complexity index is 760. The van der Waals surface area contributed by atoms with Gasteiger partial charge in [0.25, 0.3) is 0 Å². The van der Waals surface area contributed by atoms with Crippen molar-refractivity contribution >= 4 is 11.9 Å². The van der Waals surface area contributed by atoms with E-state index in [-0.39, 0.29) is 36.0 Å². The Labute approximate surface area is 173 Å². The molecular formula is C23H34O6. The van der Waals surface area contributed by atoms with Crippen LogP contribution < -0.4 is 0 Å². The Morgan fingerprint density at radius 2 is 1.97 bits per heavy atom. The van der Waals surface area contributed by atoms with Gasteiger partial charge >= 0.3 is 11.9 Å². The molecule has 1 N–H and O–H groups in total. The van der Waals surface area contributed by atoms with Crippen LogP contribution in [-0.2, 0) is 23.8 Å². The number of hydrogen-bond acceptors (Lipinski definition) is 6. The van der Waals surface area contributed by atoms with Crippen LogP contribution in [0, 0.1) is 22.2 Å². The van der Waals surface area contributed by atoms with E-state index in [0.29, 0.717) is 0 Å². The van der Waals surface area contributed by atoms with E-state index in [9.17, 15) is 14.7 Å². The molecule has 7 unspecified atom stereocenters. The molecule has 1 spiro atoms. The molecule has 1 aliphatic heterocycles. The van der Waals surface area contributed by atoms with Gasteiger partial charge in [-0.2, -0.15) is 0 Å². The smallest absolute Gasteiger partial charge is 0.311 e. The van der Waals surface area contributed by atoms with Gasteiger partial charge in [0.05, 0.1) is 30.8 Å². The minimum absolute atomic E-state index is 0.100. The van der Waals surface area contributed by atoms with Gasteiger partial charge in [0, 0.05) is 12.3 Å². The number of aliphatic hydroxyl groups is 1. The van der Waals surface area contributed by atoms with Gasteiger partial charge in [-0.25, -0.2) is 0 Å². The molecule has 0 amide bonds. The molecule has 0 radical (unpaired) electrons. The first kappa shape index (κ1) is 20.9. The van der Waals surface area contributed by atoms with Crippen molar-refractivity contribution in [3.8, 4) is 0 Å². The molecule has 6 heteroatoms. The highest BCUT2D eigenvalue weighted by Gasteiger charge is 2.68. The Hall–Kier alpha value is -1.40. The van der Waals surface area contributed by atoms with Crippen LogP contribution in [0.5, 0.6) is 0 Å². The number of carbonyl (C=O) groups excluding carboxylic acids is 2. The topological polar surface area (TPSA) is 82.1 Å². The van der Waals surface area contributed by atoms with Crippen molar-refractivity contribution in [2.45, 2.75) is 84.0 Å². The average molecular weight is 407 g/mol. The average Bonchev–Trinajstić information content (AvgIpc) is 2.90. The lowest BCUT2D eigenvalue weighted by Crippen LogP contribution is -2.58. The van der Waals surface area contributed by atoms with E-state index in [0.717, 1.165) is 44.1 Å². The molecule has 3 aliphatic carbocycles. The molecule has 1 saturated heterocycles. The summed E-state index contributed by atoms with van der Waals surface area (Å²) in [6.45, 7) is 7.66. The van der Waals surface area contributed by atoms with Crippen molar-refractivity contribution in [1.29, 1.82) is 0 Å². The van der Waals surface area contributed by atoms with Crippen LogP contribution in [0.4, 0.5) is 0 Å². The molecule has 7 atom stereocenters. The number of methoxy groups -OCH3 is 1. The van der Waals surface area contributed by atoms with Gasteiger partial charge in [0.1, 0.15) is 6.10 Å². The number of aliphatic hydroxyl groups excluding tert-OH is 1. The molecule has 29 heavy (non-hydrogen) atoms. The molecule has 1 heterocycles. The summed E-state index contributed by atoms with van der Waals surface area (Å²) in [7, 11) is 1.47. The van der Waals surface area contributed by atoms with Gasteiger partial charge < -0.3 is 19.3 Å². The van der Waals surface area contributed by atoms with Gasteiger partial charge in [-0.3, -0.25) is 9.59 Å². The first-order chi connectivity index (χ1) is 13.6. The minimum atomic E-state index is -0.531. The molecule has 2 bridgehead atoms. The number of hydrogen-bond donors (Lipinski definition) is 1. The van der Waals surface area contributed by atoms with Crippen molar-refractivity contribution in [2.75, 3.05) is 13.7 Å². The molecule has 4 aliphatic rings. The lowest BCUT2D eigenvalue weighted by atomic mass is 9.45. The highest BCUT2D eigenvalue weighted by atomic mass is 16.6. The third kappa shape index (κ3) is 2.67. The Morgan fingerprint density at radius 1 is 1.24 bits per heavy atom. The Balaban J connectivity index is 1.82. The highest BCUT2D eigenvalue weighted by Crippen LogP contribution is 2.69. The second-order valence-corrected chi connectivity index (χ2v) is 10.3. The van der Waals surface area contributed by atoms with Crippen molar-refractivity contribution in [3.05, 3.63) is 11.6 Å². The van der Waals surface area contributed by atoms with E-state index in [1.54, 1.807) is 0 Å². The van der Waals surface area contributed by atoms with E-state index in [1.807, 2.05) is 6.92 Å². The largest absolute Gasteiger partial charge is 0.469 e. The van der Waals surface area contributed by atoms with Crippen molar-refractivity contribution < 1.29 is 28.9 Å². The second-order valence-electron chi connectivity index (χ2n) is 10.3. The summed E-state index contributed by atoms with van der Waals surface area (Å²) in [6, 6.07) is 0. The number of carbonyl (C=O) groups is 2. The molecular weight excluding hydrogens is 372 g/mol. The molecule has 0 aromatic carbocycles. The number of rotatable bonds is 3. The normalized spacial score (nSPS) is 48.2. The van der Waals surface area contributed by atoms with Gasteiger partial charge in [-0.15, -0.1) is 0 Å². The van der Waals surface area contributed by atoms with Crippen LogP contribution in [-0.4, -0.2) is 48.6 Å². The van der Waals surface area contributed by atoms with Crippen LogP contribution >= 0.6 is 0 Å². The lowest BCUT2D eigenvalue weighted by molar-refractivity contribution is -0.168. The predicted molar refractivity (Wildman–Crippen MR) is 106 cm³/mol. The van der Waals surface area contributed by atoms with Crippen molar-refractivity contribution in [1.82, 2.24) is 0 Å². The summed E-state index contributed by atoms with van der Waals surface area (Å²) in [6.07, 6.45) is 6.43. The van der Waals surface area contributed by atoms with Gasteiger partial charge in [0.2, 0.25) is 0 Å². The maximum atomic E-state index is 12.8. The zero-order chi connectivity index (χ0) is 21.2. The lowest BCUT2D eigenvalue weighted by Gasteiger charge is -2.60. The standard InChI is InChI=1S/C23H34O6/c1-14(25)28-17-11-16-20(2)8-6-9-21(3,19(26)27-5)15(20)7-10-23(16)13-22(17,4)18(12-24)29-23/h11,15,17-18,24H,6-10,12-13H2,1-5H3. The highest BCUT2D eigenvalue weighted by molar-refractivity contribution is 5.77. The summed E-state index contributed by atoms with van der Waals surface area (Å²) in [5, 5.41) is 10.1. The monoisotopic (exact) mass is 406 g/mol. The maximum Gasteiger partial charge on any atom is 0.311 e. The Kier molecular flexibility index (Phi) is 4.71. The summed E-state index contributed by atoms with van der Waals surface area (Å²) in [4.78, 5) is 24.6. The summed E-state index contributed by atoms with van der Waals surface area (Å²) in [5.41, 5.74) is -0.498. The van der Waals surface area contributed by atoms with Crippen LogP contribution in [0.25, 0.3) is 0 Å². The van der Waals surface area contributed by atoms with E-state index in [4.69, 9.17) is 14.2 Å². The fraction of sp³-hybridized carbons (Fsp3) is 0.826. The predicted octanol–water partition coefficient (Wildman–Crippen LogP) is 3.16. The van der Waals surface area contributed by atoms with Gasteiger partial charge in [0.15, 0.2) is 0 Å². The second kappa shape index (κ2) is 6.55. The van der Waals surface area contributed by atoms with Crippen LogP contribution in [0.1, 0.15) is 66.2 Å². The number of fused-ring (bicyclic) bond motifs is 3. The number of esters is 2. The molecule has 3 fully saturated rings. The maximum absolute atomic E-state index is 12.8. The van der Waals surface area contributed by atoms with E-state index >= 15 is 0 Å². The number of ether oxygens (including phenoxy) is 3. The van der Waals surface area contributed by atoms with Crippen LogP contribution in [0.15, 0.2) is 11.6 Å². The molecule has 0 aromatic heterocycles. The minimum Gasteiger partial charge on any atom is -0.469 e. The molecule has 162 valence electrons. The summed E-state index contributed by atoms with van der Waals surface area (Å²) >= 11 is 0. The third-order valence-corrected chi connectivity index (χ3v) is 8.72.